The van der Waals surface area contributed by atoms with Crippen LogP contribution in [0.15, 0.2) is 218 Å². The van der Waals surface area contributed by atoms with Crippen molar-refractivity contribution in [3.63, 3.8) is 0 Å². The highest BCUT2D eigenvalue weighted by molar-refractivity contribution is 5.92. The monoisotopic (exact) mass is 822 g/mol. The van der Waals surface area contributed by atoms with E-state index in [1.54, 1.807) is 0 Å². The summed E-state index contributed by atoms with van der Waals surface area (Å²) >= 11 is 0. The Morgan fingerprint density at radius 2 is 0.844 bits per heavy atom. The zero-order valence-corrected chi connectivity index (χ0v) is 34.5. The Morgan fingerprint density at radius 1 is 0.344 bits per heavy atom. The molecule has 10 aromatic rings. The fraction of sp³-hybridized carbons (Fsp3) is 0.0172. The number of ether oxygens (including phenoxy) is 2. The van der Waals surface area contributed by atoms with Crippen LogP contribution in [0.1, 0.15) is 22.3 Å². The molecule has 0 unspecified atom stereocenters. The number of nitrogens with two attached hydrogens (primary N) is 1. The van der Waals surface area contributed by atoms with Crippen LogP contribution in [0, 0.1) is 0 Å². The fourth-order valence-electron chi connectivity index (χ4n) is 9.55. The summed E-state index contributed by atoms with van der Waals surface area (Å²) in [4.78, 5) is 15.2. The number of benzene rings is 9. The van der Waals surface area contributed by atoms with Crippen LogP contribution >= 0.6 is 0 Å². The lowest BCUT2D eigenvalue weighted by Crippen LogP contribution is -2.28. The maximum absolute atomic E-state index is 7.21. The Morgan fingerprint density at radius 3 is 1.53 bits per heavy atom. The van der Waals surface area contributed by atoms with Gasteiger partial charge < -0.3 is 15.2 Å². The van der Waals surface area contributed by atoms with Crippen molar-refractivity contribution >= 4 is 5.69 Å². The molecule has 1 aromatic heterocycles. The highest BCUT2D eigenvalue weighted by Crippen LogP contribution is 2.62. The van der Waals surface area contributed by atoms with E-state index < -0.39 is 5.41 Å². The minimum absolute atomic E-state index is 0.556. The summed E-state index contributed by atoms with van der Waals surface area (Å²) < 4.78 is 14.0. The van der Waals surface area contributed by atoms with E-state index in [-0.39, 0.29) is 0 Å². The highest BCUT2D eigenvalue weighted by Gasteiger charge is 2.48. The molecule has 0 spiro atoms. The van der Waals surface area contributed by atoms with Crippen molar-refractivity contribution in [3.05, 3.63) is 241 Å². The summed E-state index contributed by atoms with van der Waals surface area (Å²) in [6, 6.07) is 75.0. The quantitative estimate of drug-likeness (QED) is 0.161. The van der Waals surface area contributed by atoms with Crippen molar-refractivity contribution in [3.8, 4) is 90.5 Å². The van der Waals surface area contributed by atoms with Crippen LogP contribution in [-0.2, 0) is 5.41 Å². The lowest BCUT2D eigenvalue weighted by atomic mass is 9.68. The van der Waals surface area contributed by atoms with Crippen LogP contribution in [0.5, 0.6) is 23.0 Å². The molecular formula is C58H38N4O2. The Kier molecular flexibility index (Phi) is 8.76. The van der Waals surface area contributed by atoms with Crippen LogP contribution in [-0.4, -0.2) is 15.0 Å². The Bertz CT molecular complexity index is 3370. The van der Waals surface area contributed by atoms with Gasteiger partial charge in [-0.3, -0.25) is 0 Å². The Hall–Kier alpha value is -8.61. The van der Waals surface area contributed by atoms with Gasteiger partial charge in [0.15, 0.2) is 40.5 Å². The van der Waals surface area contributed by atoms with Crippen LogP contribution in [0.2, 0.25) is 0 Å². The van der Waals surface area contributed by atoms with Crippen molar-refractivity contribution in [1.29, 1.82) is 0 Å². The number of aromatic nitrogens is 3. The third kappa shape index (κ3) is 6.07. The van der Waals surface area contributed by atoms with Crippen LogP contribution < -0.4 is 15.2 Å². The van der Waals surface area contributed by atoms with Gasteiger partial charge >= 0.3 is 0 Å². The van der Waals surface area contributed by atoms with Crippen LogP contribution in [0.3, 0.4) is 0 Å². The SMILES string of the molecule is Nc1cccc(-c2cccc(-c3nc(-c4ccccc4)nc(-c4cccc(-c5cccc6c5Oc5c(ccc7c5-c5ccccc5C7(c5ccccc5)c5ccccc5)O6)c4)n3)c2)c1. The molecule has 2 aliphatic rings. The predicted octanol–water partition coefficient (Wildman–Crippen LogP) is 14.0. The van der Waals surface area contributed by atoms with Crippen molar-refractivity contribution in [2.24, 2.45) is 0 Å². The standard InChI is InChI=1S/C58H38N4O2/c59-45-27-14-19-39(36-45)38-18-12-21-41(34-38)56-60-55(37-16-4-1-5-17-37)61-57(62-56)42-22-13-20-40(35-42)46-29-15-31-50-53(46)64-54-51(63-50)33-32-49-52(54)47-28-10-11-30-48(47)58(49,43-23-6-2-7-24-43)44-25-8-3-9-26-44/h1-36H,59H2. The average molecular weight is 823 g/mol. The second kappa shape index (κ2) is 15.1. The minimum Gasteiger partial charge on any atom is -0.449 e. The van der Waals surface area contributed by atoms with E-state index >= 15 is 0 Å². The first-order valence-electron chi connectivity index (χ1n) is 21.4. The molecule has 64 heavy (non-hydrogen) atoms. The summed E-state index contributed by atoms with van der Waals surface area (Å²) in [6.45, 7) is 0. The van der Waals surface area contributed by atoms with Crippen molar-refractivity contribution < 1.29 is 9.47 Å². The molecule has 0 atom stereocenters. The molecule has 302 valence electrons. The molecular weight excluding hydrogens is 785 g/mol. The van der Waals surface area contributed by atoms with Crippen LogP contribution in [0.4, 0.5) is 5.69 Å². The summed E-state index contributed by atoms with van der Waals surface area (Å²) in [5.41, 5.74) is 19.7. The molecule has 0 radical (unpaired) electrons. The highest BCUT2D eigenvalue weighted by atomic mass is 16.6. The number of fused-ring (bicyclic) bond motifs is 6. The van der Waals surface area contributed by atoms with Crippen molar-refractivity contribution in [1.82, 2.24) is 15.0 Å². The number of nitrogens with zero attached hydrogens (tertiary/aromatic N) is 3. The Labute approximate surface area is 371 Å². The van der Waals surface area contributed by atoms with E-state index in [0.29, 0.717) is 46.2 Å². The molecule has 1 aliphatic heterocycles. The van der Waals surface area contributed by atoms with Gasteiger partial charge in [-0.15, -0.1) is 0 Å². The number of anilines is 1. The third-order valence-electron chi connectivity index (χ3n) is 12.4. The maximum Gasteiger partial charge on any atom is 0.178 e. The lowest BCUT2D eigenvalue weighted by molar-refractivity contribution is 0.361. The van der Waals surface area contributed by atoms with E-state index in [0.717, 1.165) is 55.6 Å². The summed E-state index contributed by atoms with van der Waals surface area (Å²) in [7, 11) is 0. The van der Waals surface area contributed by atoms with Gasteiger partial charge in [-0.1, -0.05) is 182 Å². The molecule has 0 saturated carbocycles. The fourth-order valence-corrected chi connectivity index (χ4v) is 9.55. The number of para-hydroxylation sites is 1. The zero-order valence-electron chi connectivity index (χ0n) is 34.5. The number of rotatable bonds is 7. The summed E-state index contributed by atoms with van der Waals surface area (Å²) in [6.07, 6.45) is 0. The molecule has 0 fully saturated rings. The summed E-state index contributed by atoms with van der Waals surface area (Å²) in [5, 5.41) is 0. The largest absolute Gasteiger partial charge is 0.449 e. The van der Waals surface area contributed by atoms with Crippen molar-refractivity contribution in [2.45, 2.75) is 5.41 Å². The van der Waals surface area contributed by atoms with E-state index in [9.17, 15) is 0 Å². The second-order valence-electron chi connectivity index (χ2n) is 16.1. The van der Waals surface area contributed by atoms with E-state index in [1.807, 2.05) is 84.9 Å². The molecule has 9 aromatic carbocycles. The van der Waals surface area contributed by atoms with Gasteiger partial charge in [0.05, 0.1) is 5.41 Å². The molecule has 2 N–H and O–H groups in total. The normalized spacial score (nSPS) is 12.8. The predicted molar refractivity (Wildman–Crippen MR) is 255 cm³/mol. The van der Waals surface area contributed by atoms with Gasteiger partial charge in [0.2, 0.25) is 0 Å². The molecule has 6 nitrogen and oxygen atoms in total. The summed E-state index contributed by atoms with van der Waals surface area (Å²) in [5.74, 6) is 4.38. The molecule has 6 heteroatoms. The first-order chi connectivity index (χ1) is 31.6. The number of nitrogen functional groups attached to an aromatic ring is 1. The van der Waals surface area contributed by atoms with Gasteiger partial charge in [0.25, 0.3) is 0 Å². The maximum atomic E-state index is 7.21. The minimum atomic E-state index is -0.570. The van der Waals surface area contributed by atoms with E-state index in [4.69, 9.17) is 30.2 Å². The van der Waals surface area contributed by atoms with Gasteiger partial charge in [0, 0.05) is 33.5 Å². The molecule has 0 bridgehead atoms. The molecule has 12 rings (SSSR count). The molecule has 0 amide bonds. The van der Waals surface area contributed by atoms with Gasteiger partial charge in [-0.2, -0.15) is 0 Å². The van der Waals surface area contributed by atoms with Crippen molar-refractivity contribution in [2.75, 3.05) is 5.73 Å². The second-order valence-corrected chi connectivity index (χ2v) is 16.1. The van der Waals surface area contributed by atoms with E-state index in [2.05, 4.69) is 133 Å². The third-order valence-corrected chi connectivity index (χ3v) is 12.4. The number of hydrogen-bond donors (Lipinski definition) is 1. The van der Waals surface area contributed by atoms with Crippen LogP contribution in [0.25, 0.3) is 67.5 Å². The number of hydrogen-bond acceptors (Lipinski definition) is 6. The molecule has 0 saturated heterocycles. The van der Waals surface area contributed by atoms with Gasteiger partial charge in [-0.25, -0.2) is 15.0 Å². The van der Waals surface area contributed by atoms with Gasteiger partial charge in [0.1, 0.15) is 0 Å². The topological polar surface area (TPSA) is 83.2 Å². The smallest absolute Gasteiger partial charge is 0.178 e. The average Bonchev–Trinajstić information content (AvgIpc) is 3.68. The Balaban J connectivity index is 0.979. The zero-order chi connectivity index (χ0) is 42.6. The first kappa shape index (κ1) is 37.2. The van der Waals surface area contributed by atoms with E-state index in [1.165, 1.54) is 16.7 Å². The molecule has 1 aliphatic carbocycles. The van der Waals surface area contributed by atoms with Gasteiger partial charge in [-0.05, 0) is 80.9 Å². The lowest BCUT2D eigenvalue weighted by Gasteiger charge is -2.34. The first-order valence-corrected chi connectivity index (χ1v) is 21.4. The molecule has 2 heterocycles.